The Kier molecular flexibility index (Phi) is 21.6. The van der Waals surface area contributed by atoms with E-state index < -0.39 is 0 Å². The summed E-state index contributed by atoms with van der Waals surface area (Å²) in [4.78, 5) is 2.49. The van der Waals surface area contributed by atoms with Crippen LogP contribution in [0.1, 0.15) is 47.0 Å². The molecule has 1 rings (SSSR count). The number of ether oxygens (including phenoxy) is 1. The van der Waals surface area contributed by atoms with Gasteiger partial charge in [-0.15, -0.1) is 11.6 Å². The van der Waals surface area contributed by atoms with Crippen molar-refractivity contribution in [2.45, 2.75) is 52.3 Å². The summed E-state index contributed by atoms with van der Waals surface area (Å²) in [6, 6.07) is 0. The normalized spacial score (nSPS) is 17.1. The number of rotatable bonds is 8. The Morgan fingerprint density at radius 1 is 1.24 bits per heavy atom. The van der Waals surface area contributed by atoms with E-state index in [1.165, 1.54) is 25.5 Å². The zero-order valence-electron chi connectivity index (χ0n) is 16.7. The van der Waals surface area contributed by atoms with Crippen LogP contribution in [0.2, 0.25) is 0 Å². The summed E-state index contributed by atoms with van der Waals surface area (Å²) in [7, 11) is 2.01. The van der Waals surface area contributed by atoms with E-state index in [1.54, 1.807) is 13.0 Å². The van der Waals surface area contributed by atoms with Crippen LogP contribution in [0.3, 0.4) is 0 Å². The summed E-state index contributed by atoms with van der Waals surface area (Å²) in [6.45, 7) is 14.1. The average Bonchev–Trinajstić information content (AvgIpc) is 2.66. The Morgan fingerprint density at radius 3 is 2.32 bits per heavy atom. The first-order chi connectivity index (χ1) is 12.0. The molecule has 1 aliphatic heterocycles. The Hall–Kier alpha value is -0.260. The predicted octanol–water partition coefficient (Wildman–Crippen LogP) is 4.93. The maximum atomic E-state index is 9.10. The van der Waals surface area contributed by atoms with Crippen LogP contribution in [0.15, 0.2) is 22.9 Å². The van der Waals surface area contributed by atoms with Crippen LogP contribution in [0.4, 0.5) is 0 Å². The Labute approximate surface area is 165 Å². The van der Waals surface area contributed by atoms with E-state index in [2.05, 4.69) is 10.2 Å². The van der Waals surface area contributed by atoms with E-state index in [0.717, 1.165) is 39.3 Å². The van der Waals surface area contributed by atoms with Crippen LogP contribution in [0, 0.1) is 0 Å². The van der Waals surface area contributed by atoms with Gasteiger partial charge in [-0.3, -0.25) is 4.90 Å². The topological polar surface area (TPSA) is 44.7 Å². The minimum Gasteiger partial charge on any atom is -0.511 e. The van der Waals surface area contributed by atoms with Gasteiger partial charge in [-0.2, -0.15) is 0 Å². The zero-order chi connectivity index (χ0) is 19.5. The van der Waals surface area contributed by atoms with E-state index in [1.807, 2.05) is 27.8 Å². The third-order valence-electron chi connectivity index (χ3n) is 3.44. The molecule has 4 nitrogen and oxygen atoms in total. The number of halogens is 2. The van der Waals surface area contributed by atoms with Gasteiger partial charge in [-0.25, -0.2) is 0 Å². The van der Waals surface area contributed by atoms with Gasteiger partial charge >= 0.3 is 0 Å². The molecule has 0 aromatic rings. The number of aliphatic hydroxyl groups is 1. The molecule has 2 N–H and O–H groups in total. The minimum absolute atomic E-state index is 0.137. The molecule has 0 saturated carbocycles. The number of allylic oxidation sites excluding steroid dienone is 4. The molecule has 1 heterocycles. The third-order valence-corrected chi connectivity index (χ3v) is 4.05. The van der Waals surface area contributed by atoms with Crippen LogP contribution in [-0.4, -0.2) is 61.8 Å². The molecular formula is C19H38Cl2N2O2. The summed E-state index contributed by atoms with van der Waals surface area (Å²) in [5.74, 6) is 0.137. The van der Waals surface area contributed by atoms with Crippen molar-refractivity contribution in [3.05, 3.63) is 22.9 Å². The van der Waals surface area contributed by atoms with E-state index >= 15 is 0 Å². The van der Waals surface area contributed by atoms with Crippen molar-refractivity contribution in [1.82, 2.24) is 10.2 Å². The molecule has 0 radical (unpaired) electrons. The number of unbranched alkanes of at least 4 members (excludes halogenated alkanes) is 1. The first kappa shape index (κ1) is 27.0. The SMILES string of the molecule is CC.CC/C(Cl)=C\C=C(\O)C(C)Cl.CNCCCCN1CCOCC1. The fraction of sp³-hybridized carbons (Fsp3) is 0.789. The van der Waals surface area contributed by atoms with Gasteiger partial charge < -0.3 is 15.2 Å². The molecule has 0 bridgehead atoms. The van der Waals surface area contributed by atoms with Crippen molar-refractivity contribution in [3.8, 4) is 0 Å². The number of hydrogen-bond donors (Lipinski definition) is 2. The second-order valence-electron chi connectivity index (χ2n) is 5.44. The van der Waals surface area contributed by atoms with Crippen molar-refractivity contribution in [2.24, 2.45) is 0 Å². The van der Waals surface area contributed by atoms with Crippen molar-refractivity contribution < 1.29 is 9.84 Å². The highest BCUT2D eigenvalue weighted by atomic mass is 35.5. The number of aliphatic hydroxyl groups excluding tert-OH is 1. The maximum absolute atomic E-state index is 9.10. The van der Waals surface area contributed by atoms with Crippen molar-refractivity contribution in [2.75, 3.05) is 46.4 Å². The number of nitrogens with one attached hydrogen (secondary N) is 1. The van der Waals surface area contributed by atoms with E-state index in [9.17, 15) is 0 Å². The van der Waals surface area contributed by atoms with Gasteiger partial charge in [0, 0.05) is 18.1 Å². The highest BCUT2D eigenvalue weighted by Crippen LogP contribution is 2.09. The van der Waals surface area contributed by atoms with E-state index in [0.29, 0.717) is 5.03 Å². The summed E-state index contributed by atoms with van der Waals surface area (Å²) in [5, 5.41) is 12.6. The molecule has 1 aliphatic rings. The quantitative estimate of drug-likeness (QED) is 0.264. The van der Waals surface area contributed by atoms with Gasteiger partial charge in [-0.1, -0.05) is 32.4 Å². The highest BCUT2D eigenvalue weighted by Gasteiger charge is 2.08. The Morgan fingerprint density at radius 2 is 1.84 bits per heavy atom. The first-order valence-corrected chi connectivity index (χ1v) is 10.2. The standard InChI is InChI=1S/C9H20N2O.C8H12Cl2O.C2H6/c1-10-4-2-3-5-11-6-8-12-9-7-11;1-3-7(10)4-5-8(11)6(2)9;1-2/h10H,2-9H2,1H3;4-6,11H,3H2,1-2H3;1-2H3/b;7-4+,8-5+;. The Balaban J connectivity index is 0. The molecule has 6 heteroatoms. The van der Waals surface area contributed by atoms with Crippen LogP contribution < -0.4 is 5.32 Å². The lowest BCUT2D eigenvalue weighted by atomic mass is 10.3. The molecule has 1 unspecified atom stereocenters. The maximum Gasteiger partial charge on any atom is 0.110 e. The second kappa shape index (κ2) is 20.1. The molecule has 150 valence electrons. The average molecular weight is 397 g/mol. The van der Waals surface area contributed by atoms with Gasteiger partial charge in [-0.05, 0) is 58.5 Å². The summed E-state index contributed by atoms with van der Waals surface area (Å²) < 4.78 is 5.27. The first-order valence-electron chi connectivity index (χ1n) is 9.35. The van der Waals surface area contributed by atoms with Crippen molar-refractivity contribution >= 4 is 23.2 Å². The lowest BCUT2D eigenvalue weighted by Gasteiger charge is -2.26. The predicted molar refractivity (Wildman–Crippen MR) is 112 cm³/mol. The molecule has 0 aliphatic carbocycles. The van der Waals surface area contributed by atoms with Gasteiger partial charge in [0.05, 0.1) is 18.6 Å². The molecule has 1 atom stereocenters. The van der Waals surface area contributed by atoms with Gasteiger partial charge in [0.1, 0.15) is 5.76 Å². The summed E-state index contributed by atoms with van der Waals surface area (Å²) >= 11 is 11.2. The largest absolute Gasteiger partial charge is 0.511 e. The molecule has 0 aromatic heterocycles. The number of alkyl halides is 1. The number of hydrogen-bond acceptors (Lipinski definition) is 4. The molecule has 25 heavy (non-hydrogen) atoms. The lowest BCUT2D eigenvalue weighted by molar-refractivity contribution is 0.0372. The van der Waals surface area contributed by atoms with E-state index in [4.69, 9.17) is 33.0 Å². The fourth-order valence-electron chi connectivity index (χ4n) is 1.89. The molecule has 1 fully saturated rings. The fourth-order valence-corrected chi connectivity index (χ4v) is 2.02. The van der Waals surface area contributed by atoms with Crippen LogP contribution >= 0.6 is 23.2 Å². The molecule has 1 saturated heterocycles. The second-order valence-corrected chi connectivity index (χ2v) is 6.58. The van der Waals surface area contributed by atoms with E-state index in [-0.39, 0.29) is 11.1 Å². The smallest absolute Gasteiger partial charge is 0.110 e. The van der Waals surface area contributed by atoms with Crippen molar-refractivity contribution in [3.63, 3.8) is 0 Å². The molecule has 0 spiro atoms. The van der Waals surface area contributed by atoms with Crippen molar-refractivity contribution in [1.29, 1.82) is 0 Å². The molecule has 0 amide bonds. The lowest BCUT2D eigenvalue weighted by Crippen LogP contribution is -2.36. The van der Waals surface area contributed by atoms with Gasteiger partial charge in [0.2, 0.25) is 0 Å². The third kappa shape index (κ3) is 18.3. The summed E-state index contributed by atoms with van der Waals surface area (Å²) in [5.41, 5.74) is 0. The Bertz CT molecular complexity index is 342. The molecular weight excluding hydrogens is 359 g/mol. The minimum atomic E-state index is -0.354. The number of morpholine rings is 1. The monoisotopic (exact) mass is 396 g/mol. The van der Waals surface area contributed by atoms with Crippen LogP contribution in [0.5, 0.6) is 0 Å². The summed E-state index contributed by atoms with van der Waals surface area (Å²) in [6.07, 6.45) is 6.52. The zero-order valence-corrected chi connectivity index (χ0v) is 18.2. The van der Waals surface area contributed by atoms with Crippen LogP contribution in [-0.2, 0) is 4.74 Å². The van der Waals surface area contributed by atoms with Crippen LogP contribution in [0.25, 0.3) is 0 Å². The van der Waals surface area contributed by atoms with Gasteiger partial charge in [0.15, 0.2) is 0 Å². The van der Waals surface area contributed by atoms with Gasteiger partial charge in [0.25, 0.3) is 0 Å². The highest BCUT2D eigenvalue weighted by molar-refractivity contribution is 6.29. The molecule has 0 aromatic carbocycles. The number of nitrogens with zero attached hydrogens (tertiary/aromatic N) is 1.